The van der Waals surface area contributed by atoms with Crippen LogP contribution in [0.15, 0.2) is 24.3 Å². The van der Waals surface area contributed by atoms with E-state index in [0.717, 1.165) is 24.6 Å². The zero-order valence-electron chi connectivity index (χ0n) is 11.2. The van der Waals surface area contributed by atoms with Crippen LogP contribution in [0, 0.1) is 5.92 Å². The second-order valence-corrected chi connectivity index (χ2v) is 5.09. The maximum absolute atomic E-state index is 11.3. The number of nitrogens with zero attached hydrogens (tertiary/aromatic N) is 1. The summed E-state index contributed by atoms with van der Waals surface area (Å²) in [7, 11) is 1.43. The third-order valence-corrected chi connectivity index (χ3v) is 3.64. The summed E-state index contributed by atoms with van der Waals surface area (Å²) in [6.45, 7) is 4.54. The Balaban J connectivity index is 2.05. The summed E-state index contributed by atoms with van der Waals surface area (Å²) in [6, 6.07) is 8.22. The number of esters is 1. The van der Waals surface area contributed by atoms with E-state index in [1.807, 2.05) is 12.1 Å². The molecular weight excluding hydrogens is 226 g/mol. The average Bonchev–Trinajstić information content (AvgIpc) is 2.40. The van der Waals surface area contributed by atoms with Crippen molar-refractivity contribution in [3.05, 3.63) is 29.8 Å². The summed E-state index contributed by atoms with van der Waals surface area (Å²) >= 11 is 0. The van der Waals surface area contributed by atoms with Gasteiger partial charge in [-0.1, -0.05) is 19.1 Å². The highest BCUT2D eigenvalue weighted by Gasteiger charge is 2.16. The Kier molecular flexibility index (Phi) is 4.24. The summed E-state index contributed by atoms with van der Waals surface area (Å²) in [5, 5.41) is 0. The molecule has 0 N–H and O–H groups in total. The van der Waals surface area contributed by atoms with Crippen molar-refractivity contribution in [3.8, 4) is 0 Å². The van der Waals surface area contributed by atoms with Gasteiger partial charge < -0.3 is 9.64 Å². The summed E-state index contributed by atoms with van der Waals surface area (Å²) in [5.41, 5.74) is 2.25. The molecule has 3 heteroatoms. The van der Waals surface area contributed by atoms with Crippen LogP contribution in [0.25, 0.3) is 0 Å². The average molecular weight is 247 g/mol. The number of methoxy groups -OCH3 is 1. The van der Waals surface area contributed by atoms with Gasteiger partial charge in [0.1, 0.15) is 0 Å². The van der Waals surface area contributed by atoms with Crippen LogP contribution in [-0.4, -0.2) is 26.2 Å². The summed E-state index contributed by atoms with van der Waals surface area (Å²) in [6.07, 6.45) is 2.86. The van der Waals surface area contributed by atoms with Gasteiger partial charge in [-0.2, -0.15) is 0 Å². The van der Waals surface area contributed by atoms with Crippen LogP contribution >= 0.6 is 0 Å². The van der Waals surface area contributed by atoms with Crippen LogP contribution in [0.5, 0.6) is 0 Å². The van der Waals surface area contributed by atoms with E-state index in [1.54, 1.807) is 0 Å². The number of ether oxygens (including phenoxy) is 1. The van der Waals surface area contributed by atoms with Crippen molar-refractivity contribution < 1.29 is 9.53 Å². The van der Waals surface area contributed by atoms with Crippen molar-refractivity contribution in [2.75, 3.05) is 25.1 Å². The van der Waals surface area contributed by atoms with Crippen molar-refractivity contribution in [1.82, 2.24) is 0 Å². The van der Waals surface area contributed by atoms with Gasteiger partial charge in [0, 0.05) is 18.8 Å². The zero-order chi connectivity index (χ0) is 13.0. The maximum Gasteiger partial charge on any atom is 0.309 e. The molecule has 0 aromatic heterocycles. The molecule has 1 aliphatic heterocycles. The predicted octanol–water partition coefficient (Wildman–Crippen LogP) is 2.64. The summed E-state index contributed by atoms with van der Waals surface area (Å²) < 4.78 is 4.70. The molecule has 18 heavy (non-hydrogen) atoms. The number of hydrogen-bond acceptors (Lipinski definition) is 3. The Labute approximate surface area is 109 Å². The fraction of sp³-hybridized carbons (Fsp3) is 0.533. The van der Waals surface area contributed by atoms with Crippen molar-refractivity contribution in [1.29, 1.82) is 0 Å². The minimum absolute atomic E-state index is 0.181. The first-order valence-electron chi connectivity index (χ1n) is 6.59. The number of piperidine rings is 1. The molecule has 0 spiro atoms. The highest BCUT2D eigenvalue weighted by molar-refractivity contribution is 5.73. The highest BCUT2D eigenvalue weighted by Crippen LogP contribution is 2.23. The molecule has 0 radical (unpaired) electrons. The number of carbonyl (C=O) groups is 1. The van der Waals surface area contributed by atoms with Crippen molar-refractivity contribution >= 4 is 11.7 Å². The first kappa shape index (κ1) is 12.9. The first-order chi connectivity index (χ1) is 8.69. The van der Waals surface area contributed by atoms with Crippen LogP contribution in [0.2, 0.25) is 0 Å². The lowest BCUT2D eigenvalue weighted by molar-refractivity contribution is -0.139. The van der Waals surface area contributed by atoms with Gasteiger partial charge in [0.2, 0.25) is 0 Å². The fourth-order valence-corrected chi connectivity index (χ4v) is 2.37. The van der Waals surface area contributed by atoms with Gasteiger partial charge in [0.15, 0.2) is 0 Å². The molecule has 0 unspecified atom stereocenters. The van der Waals surface area contributed by atoms with Gasteiger partial charge in [0.25, 0.3) is 0 Å². The van der Waals surface area contributed by atoms with Crippen molar-refractivity contribution in [2.45, 2.75) is 26.2 Å². The summed E-state index contributed by atoms with van der Waals surface area (Å²) in [5.74, 6) is 0.652. The van der Waals surface area contributed by atoms with E-state index in [4.69, 9.17) is 4.74 Å². The Bertz CT molecular complexity index is 409. The first-order valence-corrected chi connectivity index (χ1v) is 6.59. The van der Waals surface area contributed by atoms with E-state index in [2.05, 4.69) is 24.0 Å². The zero-order valence-corrected chi connectivity index (χ0v) is 11.2. The Morgan fingerprint density at radius 3 is 2.78 bits per heavy atom. The number of carbonyl (C=O) groups excluding carboxylic acids is 1. The molecule has 2 rings (SSSR count). The minimum Gasteiger partial charge on any atom is -0.469 e. The fourth-order valence-electron chi connectivity index (χ4n) is 2.37. The standard InChI is InChI=1S/C15H21NO2/c1-12-6-8-16(9-7-12)14-5-3-4-13(10-14)11-15(17)18-2/h3-5,10,12H,6-9,11H2,1-2H3. The second kappa shape index (κ2) is 5.89. The largest absolute Gasteiger partial charge is 0.469 e. The number of benzene rings is 1. The van der Waals surface area contributed by atoms with E-state index in [9.17, 15) is 4.79 Å². The quantitative estimate of drug-likeness (QED) is 0.769. The third kappa shape index (κ3) is 3.25. The van der Waals surface area contributed by atoms with Gasteiger partial charge in [-0.25, -0.2) is 0 Å². The van der Waals surface area contributed by atoms with Crippen LogP contribution in [0.3, 0.4) is 0 Å². The van der Waals surface area contributed by atoms with Crippen LogP contribution < -0.4 is 4.90 Å². The highest BCUT2D eigenvalue weighted by atomic mass is 16.5. The molecule has 1 aromatic rings. The topological polar surface area (TPSA) is 29.5 Å². The minimum atomic E-state index is -0.181. The molecule has 0 aliphatic carbocycles. The monoisotopic (exact) mass is 247 g/mol. The van der Waals surface area contributed by atoms with Crippen LogP contribution in [0.4, 0.5) is 5.69 Å². The Hall–Kier alpha value is -1.51. The molecule has 0 atom stereocenters. The van der Waals surface area contributed by atoms with E-state index in [1.165, 1.54) is 25.6 Å². The molecule has 1 aliphatic rings. The van der Waals surface area contributed by atoms with E-state index < -0.39 is 0 Å². The molecular formula is C15H21NO2. The normalized spacial score (nSPS) is 16.7. The van der Waals surface area contributed by atoms with E-state index in [-0.39, 0.29) is 5.97 Å². The number of rotatable bonds is 3. The van der Waals surface area contributed by atoms with Crippen molar-refractivity contribution in [2.24, 2.45) is 5.92 Å². The lowest BCUT2D eigenvalue weighted by atomic mass is 9.98. The van der Waals surface area contributed by atoms with Crippen molar-refractivity contribution in [3.63, 3.8) is 0 Å². The smallest absolute Gasteiger partial charge is 0.309 e. The van der Waals surface area contributed by atoms with Gasteiger partial charge >= 0.3 is 5.97 Å². The molecule has 1 heterocycles. The number of anilines is 1. The van der Waals surface area contributed by atoms with E-state index in [0.29, 0.717) is 6.42 Å². The molecule has 0 saturated carbocycles. The lowest BCUT2D eigenvalue weighted by Crippen LogP contribution is -2.32. The van der Waals surface area contributed by atoms with Gasteiger partial charge in [-0.15, -0.1) is 0 Å². The molecule has 98 valence electrons. The summed E-state index contributed by atoms with van der Waals surface area (Å²) in [4.78, 5) is 13.7. The Morgan fingerprint density at radius 2 is 2.11 bits per heavy atom. The molecule has 1 saturated heterocycles. The van der Waals surface area contributed by atoms with Gasteiger partial charge in [0.05, 0.1) is 13.5 Å². The van der Waals surface area contributed by atoms with Gasteiger partial charge in [-0.05, 0) is 36.5 Å². The number of hydrogen-bond donors (Lipinski definition) is 0. The molecule has 1 fully saturated rings. The molecule has 3 nitrogen and oxygen atoms in total. The van der Waals surface area contributed by atoms with Gasteiger partial charge in [-0.3, -0.25) is 4.79 Å². The lowest BCUT2D eigenvalue weighted by Gasteiger charge is -2.32. The predicted molar refractivity (Wildman–Crippen MR) is 72.8 cm³/mol. The maximum atomic E-state index is 11.3. The Morgan fingerprint density at radius 1 is 1.39 bits per heavy atom. The molecule has 0 amide bonds. The molecule has 1 aromatic carbocycles. The van der Waals surface area contributed by atoms with Crippen LogP contribution in [-0.2, 0) is 16.0 Å². The SMILES string of the molecule is COC(=O)Cc1cccc(N2CCC(C)CC2)c1. The third-order valence-electron chi connectivity index (χ3n) is 3.64. The molecule has 0 bridgehead atoms. The second-order valence-electron chi connectivity index (χ2n) is 5.09. The van der Waals surface area contributed by atoms with E-state index >= 15 is 0 Å². The van der Waals surface area contributed by atoms with Crippen LogP contribution in [0.1, 0.15) is 25.3 Å².